The molecule has 1 fully saturated rings. The highest BCUT2D eigenvalue weighted by atomic mass is 79.9. The summed E-state index contributed by atoms with van der Waals surface area (Å²) in [7, 11) is 0. The number of halogens is 1. The normalized spacial score (nSPS) is 23.1. The third kappa shape index (κ3) is 1.79. The maximum atomic E-state index is 6.19. The monoisotopic (exact) mass is 309 g/mol. The van der Waals surface area contributed by atoms with Gasteiger partial charge in [0.15, 0.2) is 0 Å². The van der Waals surface area contributed by atoms with Crippen molar-refractivity contribution in [1.82, 2.24) is 0 Å². The van der Waals surface area contributed by atoms with Crippen LogP contribution in [0.3, 0.4) is 0 Å². The SMILES string of the molecule is CC1(C)Cc2cc(Br)cc(C3(CN)CCC3)c2O1. The molecule has 0 saturated heterocycles. The first-order chi connectivity index (χ1) is 8.46. The van der Waals surface area contributed by atoms with E-state index in [9.17, 15) is 0 Å². The van der Waals surface area contributed by atoms with E-state index < -0.39 is 0 Å². The van der Waals surface area contributed by atoms with Gasteiger partial charge < -0.3 is 10.5 Å². The van der Waals surface area contributed by atoms with Crippen LogP contribution in [-0.4, -0.2) is 12.1 Å². The second-order valence-electron chi connectivity index (χ2n) is 6.32. The Morgan fingerprint density at radius 2 is 2.06 bits per heavy atom. The van der Waals surface area contributed by atoms with E-state index in [1.54, 1.807) is 0 Å². The summed E-state index contributed by atoms with van der Waals surface area (Å²) in [6.07, 6.45) is 4.64. The van der Waals surface area contributed by atoms with Crippen LogP contribution >= 0.6 is 15.9 Å². The molecular formula is C15H20BrNO. The minimum Gasteiger partial charge on any atom is -0.487 e. The molecule has 0 atom stereocenters. The Bertz CT molecular complexity index is 486. The van der Waals surface area contributed by atoms with Crippen LogP contribution in [0.4, 0.5) is 0 Å². The minimum atomic E-state index is -0.0859. The van der Waals surface area contributed by atoms with E-state index >= 15 is 0 Å². The molecule has 0 unspecified atom stereocenters. The first kappa shape index (κ1) is 12.5. The Kier molecular flexibility index (Phi) is 2.76. The maximum Gasteiger partial charge on any atom is 0.127 e. The lowest BCUT2D eigenvalue weighted by Gasteiger charge is -2.42. The number of hydrogen-bond acceptors (Lipinski definition) is 2. The molecule has 98 valence electrons. The molecule has 0 spiro atoms. The first-order valence-electron chi connectivity index (χ1n) is 6.68. The Hall–Kier alpha value is -0.540. The van der Waals surface area contributed by atoms with E-state index in [1.165, 1.54) is 30.4 Å². The van der Waals surface area contributed by atoms with Gasteiger partial charge in [-0.25, -0.2) is 0 Å². The zero-order chi connectivity index (χ0) is 13.0. The highest BCUT2D eigenvalue weighted by Gasteiger charge is 2.43. The number of nitrogens with two attached hydrogens (primary N) is 1. The predicted molar refractivity (Wildman–Crippen MR) is 77.1 cm³/mol. The molecule has 2 N–H and O–H groups in total. The number of rotatable bonds is 2. The van der Waals surface area contributed by atoms with Crippen LogP contribution in [0.15, 0.2) is 16.6 Å². The van der Waals surface area contributed by atoms with Crippen LogP contribution in [0, 0.1) is 0 Å². The molecule has 1 aliphatic heterocycles. The van der Waals surface area contributed by atoms with Crippen LogP contribution in [0.5, 0.6) is 5.75 Å². The first-order valence-corrected chi connectivity index (χ1v) is 7.47. The van der Waals surface area contributed by atoms with Crippen LogP contribution < -0.4 is 10.5 Å². The highest BCUT2D eigenvalue weighted by molar-refractivity contribution is 9.10. The fourth-order valence-electron chi connectivity index (χ4n) is 3.25. The zero-order valence-electron chi connectivity index (χ0n) is 11.1. The van der Waals surface area contributed by atoms with Crippen molar-refractivity contribution >= 4 is 15.9 Å². The summed E-state index contributed by atoms with van der Waals surface area (Å²) in [6, 6.07) is 4.41. The van der Waals surface area contributed by atoms with E-state index in [0.29, 0.717) is 0 Å². The second-order valence-corrected chi connectivity index (χ2v) is 7.23. The van der Waals surface area contributed by atoms with Crippen molar-refractivity contribution in [3.63, 3.8) is 0 Å². The molecule has 0 amide bonds. The quantitative estimate of drug-likeness (QED) is 0.907. The van der Waals surface area contributed by atoms with Crippen LogP contribution in [-0.2, 0) is 11.8 Å². The van der Waals surface area contributed by atoms with Gasteiger partial charge in [0.1, 0.15) is 11.4 Å². The molecule has 2 nitrogen and oxygen atoms in total. The summed E-state index contributed by atoms with van der Waals surface area (Å²) in [5.74, 6) is 1.10. The van der Waals surface area contributed by atoms with Crippen molar-refractivity contribution < 1.29 is 4.74 Å². The summed E-state index contributed by atoms with van der Waals surface area (Å²) >= 11 is 3.63. The van der Waals surface area contributed by atoms with Gasteiger partial charge in [-0.05, 0) is 44.4 Å². The van der Waals surface area contributed by atoms with Gasteiger partial charge in [0.2, 0.25) is 0 Å². The number of fused-ring (bicyclic) bond motifs is 1. The van der Waals surface area contributed by atoms with Gasteiger partial charge in [0.05, 0.1) is 0 Å². The Labute approximate surface area is 117 Å². The molecule has 0 bridgehead atoms. The second kappa shape index (κ2) is 3.97. The van der Waals surface area contributed by atoms with Gasteiger partial charge >= 0.3 is 0 Å². The van der Waals surface area contributed by atoms with Crippen LogP contribution in [0.25, 0.3) is 0 Å². The van der Waals surface area contributed by atoms with Crippen molar-refractivity contribution in [1.29, 1.82) is 0 Å². The molecule has 1 aromatic rings. The number of benzene rings is 1. The standard InChI is InChI=1S/C15H20BrNO/c1-14(2)8-10-6-11(16)7-12(13(10)18-14)15(9-17)4-3-5-15/h6-7H,3-5,8-9,17H2,1-2H3. The van der Waals surface area contributed by atoms with Crippen LogP contribution in [0.1, 0.15) is 44.2 Å². The van der Waals surface area contributed by atoms with E-state index in [2.05, 4.69) is 41.9 Å². The van der Waals surface area contributed by atoms with E-state index in [4.69, 9.17) is 10.5 Å². The molecule has 3 heteroatoms. The zero-order valence-corrected chi connectivity index (χ0v) is 12.6. The van der Waals surface area contributed by atoms with Crippen LogP contribution in [0.2, 0.25) is 0 Å². The molecular weight excluding hydrogens is 290 g/mol. The lowest BCUT2D eigenvalue weighted by molar-refractivity contribution is 0.131. The number of ether oxygens (including phenoxy) is 1. The lowest BCUT2D eigenvalue weighted by atomic mass is 9.64. The molecule has 0 radical (unpaired) electrons. The summed E-state index contributed by atoms with van der Waals surface area (Å²) in [6.45, 7) is 5.03. The van der Waals surface area contributed by atoms with Crippen molar-refractivity contribution in [2.24, 2.45) is 5.73 Å². The van der Waals surface area contributed by atoms with Crippen molar-refractivity contribution in [3.8, 4) is 5.75 Å². The van der Waals surface area contributed by atoms with E-state index in [0.717, 1.165) is 23.2 Å². The summed E-state index contributed by atoms with van der Waals surface area (Å²) < 4.78 is 7.34. The van der Waals surface area contributed by atoms with Gasteiger partial charge in [-0.15, -0.1) is 0 Å². The van der Waals surface area contributed by atoms with Crippen molar-refractivity contribution in [3.05, 3.63) is 27.7 Å². The topological polar surface area (TPSA) is 35.2 Å². The maximum absolute atomic E-state index is 6.19. The smallest absolute Gasteiger partial charge is 0.127 e. The highest BCUT2D eigenvalue weighted by Crippen LogP contribution is 2.51. The Morgan fingerprint density at radius 3 is 2.61 bits per heavy atom. The molecule has 2 aliphatic rings. The van der Waals surface area contributed by atoms with Gasteiger partial charge in [0.25, 0.3) is 0 Å². The fourth-order valence-corrected chi connectivity index (χ4v) is 3.76. The van der Waals surface area contributed by atoms with Crippen molar-refractivity contribution in [2.75, 3.05) is 6.54 Å². The molecule has 18 heavy (non-hydrogen) atoms. The lowest BCUT2D eigenvalue weighted by Crippen LogP contribution is -2.42. The molecule has 0 aromatic heterocycles. The van der Waals surface area contributed by atoms with Gasteiger partial charge in [-0.3, -0.25) is 0 Å². The summed E-state index contributed by atoms with van der Waals surface area (Å²) in [4.78, 5) is 0. The molecule has 1 saturated carbocycles. The van der Waals surface area contributed by atoms with Gasteiger partial charge in [0, 0.05) is 28.4 Å². The molecule has 1 aliphatic carbocycles. The minimum absolute atomic E-state index is 0.0859. The third-order valence-electron chi connectivity index (χ3n) is 4.40. The summed E-state index contributed by atoms with van der Waals surface area (Å²) in [5, 5.41) is 0. The number of hydrogen-bond donors (Lipinski definition) is 1. The van der Waals surface area contributed by atoms with E-state index in [-0.39, 0.29) is 11.0 Å². The average Bonchev–Trinajstić information content (AvgIpc) is 2.51. The molecule has 3 rings (SSSR count). The molecule has 1 aromatic carbocycles. The predicted octanol–water partition coefficient (Wildman–Crippen LogP) is 3.54. The fraction of sp³-hybridized carbons (Fsp3) is 0.600. The Morgan fingerprint density at radius 1 is 1.33 bits per heavy atom. The Balaban J connectivity index is 2.12. The summed E-state index contributed by atoms with van der Waals surface area (Å²) in [5.41, 5.74) is 8.77. The third-order valence-corrected chi connectivity index (χ3v) is 4.86. The van der Waals surface area contributed by atoms with E-state index in [1.807, 2.05) is 0 Å². The van der Waals surface area contributed by atoms with Gasteiger partial charge in [-0.2, -0.15) is 0 Å². The van der Waals surface area contributed by atoms with Crippen molar-refractivity contribution in [2.45, 2.75) is 50.5 Å². The van der Waals surface area contributed by atoms with Gasteiger partial charge in [-0.1, -0.05) is 22.4 Å². The molecule has 1 heterocycles. The largest absolute Gasteiger partial charge is 0.487 e. The average molecular weight is 310 g/mol.